The van der Waals surface area contributed by atoms with E-state index in [-0.39, 0.29) is 11.3 Å². The lowest BCUT2D eigenvalue weighted by atomic mass is 9.99. The molecule has 0 saturated carbocycles. The molecular weight excluding hydrogens is 240 g/mol. The molecule has 0 heterocycles. The number of carboxylic acids is 1. The average molecular weight is 248 g/mol. The van der Waals surface area contributed by atoms with Crippen molar-refractivity contribution >= 4 is 17.6 Å². The van der Waals surface area contributed by atoms with Crippen molar-refractivity contribution in [3.05, 3.63) is 53.1 Å². The lowest BCUT2D eigenvalue weighted by molar-refractivity contribution is -0.267. The van der Waals surface area contributed by atoms with Crippen LogP contribution in [0.5, 0.6) is 5.75 Å². The van der Waals surface area contributed by atoms with Crippen molar-refractivity contribution in [2.24, 2.45) is 0 Å². The lowest BCUT2D eigenvalue weighted by Crippen LogP contribution is -2.01. The summed E-state index contributed by atoms with van der Waals surface area (Å²) in [4.78, 5) is 11.1. The zero-order valence-corrected chi connectivity index (χ0v) is 9.44. The van der Waals surface area contributed by atoms with E-state index in [9.17, 15) is 9.90 Å². The molecular formula is C13H8ClO3-. The van der Waals surface area contributed by atoms with E-state index in [0.717, 1.165) is 0 Å². The van der Waals surface area contributed by atoms with E-state index in [2.05, 4.69) is 0 Å². The summed E-state index contributed by atoms with van der Waals surface area (Å²) in [5.41, 5.74) is 0.773. The number of hydrogen-bond acceptors (Lipinski definition) is 2. The van der Waals surface area contributed by atoms with Gasteiger partial charge in [0.1, 0.15) is 0 Å². The first-order valence-electron chi connectivity index (χ1n) is 4.89. The maximum absolute atomic E-state index is 11.7. The third kappa shape index (κ3) is 2.24. The SMILES string of the molecule is O=C(O)c1ccccc1-c1cc(Cl)ccc1[O-]. The lowest BCUT2D eigenvalue weighted by Gasteiger charge is -2.15. The summed E-state index contributed by atoms with van der Waals surface area (Å²) in [6.45, 7) is 0. The van der Waals surface area contributed by atoms with Crippen LogP contribution in [-0.2, 0) is 0 Å². The van der Waals surface area contributed by atoms with Gasteiger partial charge in [-0.05, 0) is 29.3 Å². The molecule has 0 aromatic heterocycles. The zero-order valence-electron chi connectivity index (χ0n) is 8.68. The molecule has 0 fully saturated rings. The summed E-state index contributed by atoms with van der Waals surface area (Å²) < 4.78 is 0. The highest BCUT2D eigenvalue weighted by Crippen LogP contribution is 2.32. The summed E-state index contributed by atoms with van der Waals surface area (Å²) >= 11 is 5.81. The first-order valence-corrected chi connectivity index (χ1v) is 5.26. The van der Waals surface area contributed by atoms with Crippen LogP contribution in [0.25, 0.3) is 11.1 Å². The number of rotatable bonds is 2. The smallest absolute Gasteiger partial charge is 0.336 e. The Balaban J connectivity index is 2.68. The molecule has 0 aliphatic carbocycles. The molecule has 0 bridgehead atoms. The van der Waals surface area contributed by atoms with Gasteiger partial charge < -0.3 is 10.2 Å². The quantitative estimate of drug-likeness (QED) is 0.888. The van der Waals surface area contributed by atoms with Crippen LogP contribution >= 0.6 is 11.6 Å². The van der Waals surface area contributed by atoms with E-state index in [0.29, 0.717) is 16.1 Å². The summed E-state index contributed by atoms with van der Waals surface area (Å²) in [7, 11) is 0. The highest BCUT2D eigenvalue weighted by molar-refractivity contribution is 6.31. The van der Waals surface area contributed by atoms with Crippen molar-refractivity contribution < 1.29 is 15.0 Å². The second-order valence-electron chi connectivity index (χ2n) is 3.49. The summed E-state index contributed by atoms with van der Waals surface area (Å²) in [6.07, 6.45) is 0. The van der Waals surface area contributed by atoms with Gasteiger partial charge in [-0.15, -0.1) is 5.75 Å². The van der Waals surface area contributed by atoms with Gasteiger partial charge in [-0.1, -0.05) is 35.9 Å². The Bertz CT molecular complexity index is 579. The third-order valence-electron chi connectivity index (χ3n) is 2.39. The van der Waals surface area contributed by atoms with Crippen LogP contribution in [0.4, 0.5) is 0 Å². The average Bonchev–Trinajstić information content (AvgIpc) is 2.32. The van der Waals surface area contributed by atoms with E-state index in [1.54, 1.807) is 18.2 Å². The Morgan fingerprint density at radius 2 is 1.82 bits per heavy atom. The van der Waals surface area contributed by atoms with Crippen LogP contribution in [0.1, 0.15) is 10.4 Å². The molecule has 17 heavy (non-hydrogen) atoms. The van der Waals surface area contributed by atoms with E-state index in [4.69, 9.17) is 16.7 Å². The maximum Gasteiger partial charge on any atom is 0.336 e. The van der Waals surface area contributed by atoms with Gasteiger partial charge in [-0.25, -0.2) is 4.79 Å². The molecule has 0 amide bonds. The summed E-state index contributed by atoms with van der Waals surface area (Å²) in [5.74, 6) is -1.32. The second-order valence-corrected chi connectivity index (χ2v) is 3.93. The van der Waals surface area contributed by atoms with Crippen LogP contribution in [0.2, 0.25) is 5.02 Å². The van der Waals surface area contributed by atoms with E-state index in [1.807, 2.05) is 0 Å². The van der Waals surface area contributed by atoms with Crippen LogP contribution in [-0.4, -0.2) is 11.1 Å². The van der Waals surface area contributed by atoms with Gasteiger partial charge in [0.25, 0.3) is 0 Å². The molecule has 0 aliphatic heterocycles. The van der Waals surface area contributed by atoms with Crippen molar-refractivity contribution in [1.82, 2.24) is 0 Å². The largest absolute Gasteiger partial charge is 0.872 e. The molecule has 3 nitrogen and oxygen atoms in total. The zero-order chi connectivity index (χ0) is 12.4. The van der Waals surface area contributed by atoms with Gasteiger partial charge in [0.2, 0.25) is 0 Å². The number of hydrogen-bond donors (Lipinski definition) is 1. The van der Waals surface area contributed by atoms with E-state index in [1.165, 1.54) is 24.3 Å². The van der Waals surface area contributed by atoms with Crippen LogP contribution in [0, 0.1) is 0 Å². The monoisotopic (exact) mass is 247 g/mol. The minimum absolute atomic E-state index is 0.0897. The number of halogens is 1. The van der Waals surface area contributed by atoms with Gasteiger partial charge in [0, 0.05) is 5.02 Å². The second kappa shape index (κ2) is 4.47. The van der Waals surface area contributed by atoms with Gasteiger partial charge in [0.15, 0.2) is 0 Å². The maximum atomic E-state index is 11.7. The number of benzene rings is 2. The Morgan fingerprint density at radius 3 is 2.53 bits per heavy atom. The Hall–Kier alpha value is -2.00. The van der Waals surface area contributed by atoms with Crippen molar-refractivity contribution in [3.8, 4) is 16.9 Å². The van der Waals surface area contributed by atoms with Crippen molar-refractivity contribution in [2.45, 2.75) is 0 Å². The van der Waals surface area contributed by atoms with Crippen LogP contribution in [0.15, 0.2) is 42.5 Å². The molecule has 0 aliphatic rings. The standard InChI is InChI=1S/C13H9ClO3/c14-8-5-6-12(15)11(7-8)9-3-1-2-4-10(9)13(16)17/h1-7,15H,(H,16,17)/p-1. The molecule has 2 aromatic carbocycles. The Morgan fingerprint density at radius 1 is 1.12 bits per heavy atom. The number of carbonyl (C=O) groups is 1. The van der Waals surface area contributed by atoms with Crippen molar-refractivity contribution in [2.75, 3.05) is 0 Å². The molecule has 1 N–H and O–H groups in total. The molecule has 0 radical (unpaired) electrons. The fourth-order valence-corrected chi connectivity index (χ4v) is 1.79. The highest BCUT2D eigenvalue weighted by atomic mass is 35.5. The predicted molar refractivity (Wildman–Crippen MR) is 63.3 cm³/mol. The predicted octanol–water partition coefficient (Wildman–Crippen LogP) is 2.78. The Labute approximate surface area is 103 Å². The molecule has 0 spiro atoms. The van der Waals surface area contributed by atoms with Crippen molar-refractivity contribution in [1.29, 1.82) is 0 Å². The molecule has 4 heteroatoms. The highest BCUT2D eigenvalue weighted by Gasteiger charge is 2.11. The first kappa shape index (κ1) is 11.5. The first-order chi connectivity index (χ1) is 8.09. The fourth-order valence-electron chi connectivity index (χ4n) is 1.62. The minimum Gasteiger partial charge on any atom is -0.872 e. The minimum atomic E-state index is -1.07. The summed E-state index contributed by atoms with van der Waals surface area (Å²) in [5, 5.41) is 21.1. The molecule has 86 valence electrons. The molecule has 0 atom stereocenters. The molecule has 0 saturated heterocycles. The van der Waals surface area contributed by atoms with Gasteiger partial charge in [-0.2, -0.15) is 0 Å². The molecule has 0 unspecified atom stereocenters. The van der Waals surface area contributed by atoms with Crippen LogP contribution < -0.4 is 5.11 Å². The van der Waals surface area contributed by atoms with Gasteiger partial charge in [-0.3, -0.25) is 0 Å². The van der Waals surface area contributed by atoms with Crippen LogP contribution in [0.3, 0.4) is 0 Å². The van der Waals surface area contributed by atoms with E-state index >= 15 is 0 Å². The summed E-state index contributed by atoms with van der Waals surface area (Å²) in [6, 6.07) is 10.6. The fraction of sp³-hybridized carbons (Fsp3) is 0. The van der Waals surface area contributed by atoms with Gasteiger partial charge >= 0.3 is 5.97 Å². The Kier molecular flexibility index (Phi) is 3.02. The molecule has 2 rings (SSSR count). The van der Waals surface area contributed by atoms with Gasteiger partial charge in [0.05, 0.1) is 5.56 Å². The number of aromatic carboxylic acids is 1. The third-order valence-corrected chi connectivity index (χ3v) is 2.62. The molecule has 2 aromatic rings. The van der Waals surface area contributed by atoms with E-state index < -0.39 is 5.97 Å². The normalized spacial score (nSPS) is 10.2. The van der Waals surface area contributed by atoms with Crippen molar-refractivity contribution in [3.63, 3.8) is 0 Å². The number of carboxylic acid groups (broad SMARTS) is 1. The topological polar surface area (TPSA) is 60.4 Å².